The van der Waals surface area contributed by atoms with E-state index in [0.717, 1.165) is 76.1 Å². The Labute approximate surface area is 292 Å². The number of aliphatic hydroxyl groups excluding tert-OH is 1. The summed E-state index contributed by atoms with van der Waals surface area (Å²) in [6, 6.07) is 11.6. The van der Waals surface area contributed by atoms with Gasteiger partial charge < -0.3 is 24.4 Å². The SMILES string of the molecule is COc1ccc(C23CCC(CN(C(=O)C4CCC(OC(=O)N5CC(O)C5)CC4)c4cc(C5CCN(C(C)C)C5)ccn4)(CC2)CC3)cc1C. The second-order valence-electron chi connectivity index (χ2n) is 16.3. The van der Waals surface area contributed by atoms with E-state index in [4.69, 9.17) is 14.5 Å². The molecule has 1 atom stereocenters. The van der Waals surface area contributed by atoms with Gasteiger partial charge in [-0.05, 0) is 150 Å². The third-order valence-electron chi connectivity index (χ3n) is 13.0. The molecule has 0 radical (unpaired) electrons. The molecule has 3 heterocycles. The van der Waals surface area contributed by atoms with E-state index < -0.39 is 6.10 Å². The zero-order valence-corrected chi connectivity index (χ0v) is 30.0. The average Bonchev–Trinajstić information content (AvgIpc) is 3.61. The van der Waals surface area contributed by atoms with Gasteiger partial charge in [0.25, 0.3) is 0 Å². The molecule has 0 spiro atoms. The Morgan fingerprint density at radius 3 is 2.31 bits per heavy atom. The van der Waals surface area contributed by atoms with Crippen LogP contribution in [0.2, 0.25) is 0 Å². The molecule has 2 saturated heterocycles. The number of pyridine rings is 1. The van der Waals surface area contributed by atoms with Gasteiger partial charge in [-0.3, -0.25) is 9.69 Å². The number of aryl methyl sites for hydroxylation is 1. The molecule has 2 bridgehead atoms. The standard InChI is InChI=1S/C40H56N4O5/c1-27(2)42-20-12-31(23-42)30-11-19-41-36(22-30)44(37(46)29-5-8-34(9-6-29)49-38(47)43-24-33(45)25-43)26-39-13-16-40(17-14-39,18-15-39)32-7-10-35(48-4)28(3)21-32/h7,10-11,19,21-22,27,29,31,33-34,45H,5-6,8-9,12-18,20,23-26H2,1-4H3. The highest BCUT2D eigenvalue weighted by atomic mass is 16.6. The molecule has 2 aliphatic heterocycles. The first-order valence-corrected chi connectivity index (χ1v) is 18.9. The molecule has 8 rings (SSSR count). The molecule has 1 aromatic heterocycles. The Morgan fingerprint density at radius 2 is 1.69 bits per heavy atom. The third-order valence-corrected chi connectivity index (χ3v) is 13.0. The Bertz CT molecular complexity index is 1490. The molecule has 4 saturated carbocycles. The lowest BCUT2D eigenvalue weighted by Gasteiger charge is -2.55. The fraction of sp³-hybridized carbons (Fsp3) is 0.675. The van der Waals surface area contributed by atoms with Gasteiger partial charge in [0.05, 0.1) is 26.3 Å². The van der Waals surface area contributed by atoms with Crippen LogP contribution in [0, 0.1) is 18.3 Å². The maximum atomic E-state index is 14.7. The van der Waals surface area contributed by atoms with Crippen LogP contribution < -0.4 is 9.64 Å². The molecule has 9 heteroatoms. The van der Waals surface area contributed by atoms with E-state index in [2.05, 4.69) is 60.9 Å². The van der Waals surface area contributed by atoms with E-state index in [-0.39, 0.29) is 34.9 Å². The summed E-state index contributed by atoms with van der Waals surface area (Å²) in [5.74, 6) is 2.27. The highest BCUT2D eigenvalue weighted by Crippen LogP contribution is 2.58. The van der Waals surface area contributed by atoms with Crippen molar-refractivity contribution in [2.75, 3.05) is 44.7 Å². The van der Waals surface area contributed by atoms with Crippen molar-refractivity contribution in [2.24, 2.45) is 11.3 Å². The number of hydrogen-bond donors (Lipinski definition) is 1. The predicted molar refractivity (Wildman–Crippen MR) is 190 cm³/mol. The molecule has 1 unspecified atom stereocenters. The molecule has 2 aromatic rings. The van der Waals surface area contributed by atoms with Crippen molar-refractivity contribution in [3.63, 3.8) is 0 Å². The fourth-order valence-electron chi connectivity index (χ4n) is 9.58. The number of carbonyl (C=O) groups excluding carboxylic acids is 2. The number of carbonyl (C=O) groups is 2. The van der Waals surface area contributed by atoms with Crippen LogP contribution in [0.3, 0.4) is 0 Å². The van der Waals surface area contributed by atoms with Crippen molar-refractivity contribution in [2.45, 2.75) is 121 Å². The predicted octanol–water partition coefficient (Wildman–Crippen LogP) is 6.59. The Kier molecular flexibility index (Phi) is 9.70. The van der Waals surface area contributed by atoms with Gasteiger partial charge in [-0.15, -0.1) is 0 Å². The number of amides is 2. The number of β-amino-alcohol motifs (C(OH)–C–C–N with tert-alkyl or cyclic N) is 1. The summed E-state index contributed by atoms with van der Waals surface area (Å²) in [7, 11) is 1.74. The van der Waals surface area contributed by atoms with Crippen molar-refractivity contribution in [3.8, 4) is 5.75 Å². The number of hydrogen-bond acceptors (Lipinski definition) is 7. The van der Waals surface area contributed by atoms with E-state index in [1.165, 1.54) is 16.7 Å². The number of fused-ring (bicyclic) bond motifs is 3. The Balaban J connectivity index is 1.08. The van der Waals surface area contributed by atoms with Gasteiger partial charge >= 0.3 is 6.09 Å². The third kappa shape index (κ3) is 6.94. The molecule has 266 valence electrons. The minimum absolute atomic E-state index is 0.0902. The van der Waals surface area contributed by atoms with Crippen LogP contribution in [0.1, 0.15) is 107 Å². The average molecular weight is 673 g/mol. The van der Waals surface area contributed by atoms with Gasteiger partial charge in [0, 0.05) is 31.2 Å². The lowest BCUT2D eigenvalue weighted by atomic mass is 9.51. The summed E-state index contributed by atoms with van der Waals surface area (Å²) >= 11 is 0. The first-order chi connectivity index (χ1) is 23.6. The molecule has 1 aromatic carbocycles. The highest BCUT2D eigenvalue weighted by Gasteiger charge is 2.51. The molecule has 9 nitrogen and oxygen atoms in total. The second kappa shape index (κ2) is 13.9. The molecule has 4 aliphatic carbocycles. The first kappa shape index (κ1) is 34.3. The van der Waals surface area contributed by atoms with E-state index in [1.807, 2.05) is 6.20 Å². The van der Waals surface area contributed by atoms with Crippen LogP contribution in [0.5, 0.6) is 5.75 Å². The summed E-state index contributed by atoms with van der Waals surface area (Å²) in [6.45, 7) is 10.2. The molecular weight excluding hydrogens is 616 g/mol. The lowest BCUT2D eigenvalue weighted by Crippen LogP contribution is -2.54. The van der Waals surface area contributed by atoms with E-state index in [1.54, 1.807) is 12.0 Å². The summed E-state index contributed by atoms with van der Waals surface area (Å²) in [5.41, 5.74) is 4.22. The normalized spacial score (nSPS) is 30.3. The fourth-order valence-corrected chi connectivity index (χ4v) is 9.58. The number of rotatable bonds is 9. The number of anilines is 1. The van der Waals surface area contributed by atoms with Gasteiger partial charge in [-0.1, -0.05) is 12.1 Å². The number of nitrogens with zero attached hydrogens (tertiary/aromatic N) is 4. The van der Waals surface area contributed by atoms with Gasteiger partial charge in [-0.2, -0.15) is 0 Å². The van der Waals surface area contributed by atoms with Gasteiger partial charge in [0.1, 0.15) is 17.7 Å². The van der Waals surface area contributed by atoms with Crippen LogP contribution in [-0.2, 0) is 14.9 Å². The monoisotopic (exact) mass is 672 g/mol. The largest absolute Gasteiger partial charge is 0.496 e. The van der Waals surface area contributed by atoms with Crippen LogP contribution in [0.4, 0.5) is 10.6 Å². The smallest absolute Gasteiger partial charge is 0.410 e. The van der Waals surface area contributed by atoms with Crippen molar-refractivity contribution >= 4 is 17.8 Å². The van der Waals surface area contributed by atoms with Crippen LogP contribution in [0.15, 0.2) is 36.5 Å². The number of likely N-dealkylation sites (tertiary alicyclic amines) is 2. The molecule has 2 amide bonds. The molecule has 49 heavy (non-hydrogen) atoms. The number of methoxy groups -OCH3 is 1. The molecule has 6 fully saturated rings. The maximum Gasteiger partial charge on any atom is 0.410 e. The van der Waals surface area contributed by atoms with E-state index in [9.17, 15) is 14.7 Å². The minimum Gasteiger partial charge on any atom is -0.496 e. The minimum atomic E-state index is -0.447. The van der Waals surface area contributed by atoms with Crippen molar-refractivity contribution < 1.29 is 24.2 Å². The van der Waals surface area contributed by atoms with Crippen LogP contribution in [-0.4, -0.2) is 90.0 Å². The number of aromatic nitrogens is 1. The topological polar surface area (TPSA) is 95.4 Å². The van der Waals surface area contributed by atoms with Crippen LogP contribution in [0.25, 0.3) is 0 Å². The quantitative estimate of drug-likeness (QED) is 0.321. The first-order valence-electron chi connectivity index (χ1n) is 18.9. The zero-order valence-electron chi connectivity index (χ0n) is 30.0. The summed E-state index contributed by atoms with van der Waals surface area (Å²) in [5, 5.41) is 9.57. The summed E-state index contributed by atoms with van der Waals surface area (Å²) in [6.07, 6.45) is 11.6. The van der Waals surface area contributed by atoms with Crippen molar-refractivity contribution in [1.29, 1.82) is 0 Å². The summed E-state index contributed by atoms with van der Waals surface area (Å²) in [4.78, 5) is 38.2. The Morgan fingerprint density at radius 1 is 0.980 bits per heavy atom. The van der Waals surface area contributed by atoms with Crippen molar-refractivity contribution in [3.05, 3.63) is 53.2 Å². The lowest BCUT2D eigenvalue weighted by molar-refractivity contribution is -0.124. The molecular formula is C40H56N4O5. The van der Waals surface area contributed by atoms with E-state index >= 15 is 0 Å². The molecule has 6 aliphatic rings. The Hall–Kier alpha value is -3.17. The zero-order chi connectivity index (χ0) is 34.3. The van der Waals surface area contributed by atoms with Crippen molar-refractivity contribution in [1.82, 2.24) is 14.8 Å². The number of benzene rings is 1. The van der Waals surface area contributed by atoms with Gasteiger partial charge in [0.15, 0.2) is 0 Å². The number of aliphatic hydroxyl groups is 1. The number of ether oxygens (including phenoxy) is 2. The summed E-state index contributed by atoms with van der Waals surface area (Å²) < 4.78 is 11.3. The second-order valence-corrected chi connectivity index (χ2v) is 16.3. The van der Waals surface area contributed by atoms with Gasteiger partial charge in [-0.25, -0.2) is 9.78 Å². The van der Waals surface area contributed by atoms with Gasteiger partial charge in [0.2, 0.25) is 5.91 Å². The van der Waals surface area contributed by atoms with Crippen LogP contribution >= 0.6 is 0 Å². The molecule has 1 N–H and O–H groups in total. The van der Waals surface area contributed by atoms with E-state index in [0.29, 0.717) is 50.7 Å². The maximum absolute atomic E-state index is 14.7. The highest BCUT2D eigenvalue weighted by molar-refractivity contribution is 5.94.